The van der Waals surface area contributed by atoms with Crippen LogP contribution in [0.2, 0.25) is 0 Å². The Bertz CT molecular complexity index is 1070. The van der Waals surface area contributed by atoms with Crippen LogP contribution in [0.5, 0.6) is 11.5 Å². The van der Waals surface area contributed by atoms with Gasteiger partial charge in [-0.1, -0.05) is 18.2 Å². The number of thiazole rings is 1. The highest BCUT2D eigenvalue weighted by molar-refractivity contribution is 7.15. The summed E-state index contributed by atoms with van der Waals surface area (Å²) in [6.45, 7) is 0.430. The molecule has 0 aliphatic rings. The number of ether oxygens (including phenoxy) is 2. The second kappa shape index (κ2) is 8.41. The lowest BCUT2D eigenvalue weighted by molar-refractivity contribution is -0.123. The first kappa shape index (κ1) is 18.5. The molecule has 0 atom stereocenters. The Morgan fingerprint density at radius 3 is 2.82 bits per heavy atom. The van der Waals surface area contributed by atoms with Crippen LogP contribution < -0.4 is 14.8 Å². The molecule has 0 aliphatic heterocycles. The van der Waals surface area contributed by atoms with E-state index in [9.17, 15) is 4.79 Å². The van der Waals surface area contributed by atoms with Gasteiger partial charge in [0.2, 0.25) is 4.96 Å². The summed E-state index contributed by atoms with van der Waals surface area (Å²) >= 11 is 3.16. The Labute approximate surface area is 169 Å². The van der Waals surface area contributed by atoms with Crippen LogP contribution in [0.1, 0.15) is 5.69 Å². The molecule has 0 saturated heterocycles. The van der Waals surface area contributed by atoms with Gasteiger partial charge in [-0.05, 0) is 23.6 Å². The molecule has 1 amide bonds. The molecule has 0 radical (unpaired) electrons. The maximum Gasteiger partial charge on any atom is 0.257 e. The minimum absolute atomic E-state index is 0.0642. The van der Waals surface area contributed by atoms with Gasteiger partial charge in [0.05, 0.1) is 17.7 Å². The first-order chi connectivity index (χ1) is 13.7. The molecule has 144 valence electrons. The average Bonchev–Trinajstić information content (AvgIpc) is 3.44. The van der Waals surface area contributed by atoms with Gasteiger partial charge in [0.15, 0.2) is 23.9 Å². The van der Waals surface area contributed by atoms with E-state index in [1.54, 1.807) is 41.9 Å². The van der Waals surface area contributed by atoms with E-state index in [1.807, 2.05) is 39.5 Å². The number of benzene rings is 1. The van der Waals surface area contributed by atoms with E-state index in [1.165, 1.54) is 0 Å². The van der Waals surface area contributed by atoms with Crippen LogP contribution in [-0.2, 0) is 11.2 Å². The topological polar surface area (TPSA) is 77.8 Å². The average molecular weight is 415 g/mol. The number of carbonyl (C=O) groups excluding carboxylic acids is 1. The minimum Gasteiger partial charge on any atom is -0.493 e. The van der Waals surface area contributed by atoms with Crippen molar-refractivity contribution >= 4 is 33.5 Å². The molecule has 0 saturated carbocycles. The van der Waals surface area contributed by atoms with E-state index in [4.69, 9.17) is 9.47 Å². The lowest BCUT2D eigenvalue weighted by Gasteiger charge is -2.10. The summed E-state index contributed by atoms with van der Waals surface area (Å²) in [4.78, 5) is 18.5. The van der Waals surface area contributed by atoms with Crippen molar-refractivity contribution in [1.82, 2.24) is 19.9 Å². The number of rotatable bonds is 8. The zero-order valence-corrected chi connectivity index (χ0v) is 16.8. The van der Waals surface area contributed by atoms with Crippen molar-refractivity contribution in [2.75, 3.05) is 20.3 Å². The summed E-state index contributed by atoms with van der Waals surface area (Å²) < 4.78 is 12.6. The highest BCUT2D eigenvalue weighted by atomic mass is 32.1. The number of amides is 1. The van der Waals surface area contributed by atoms with Crippen LogP contribution in [0.3, 0.4) is 0 Å². The van der Waals surface area contributed by atoms with Gasteiger partial charge in [0.25, 0.3) is 5.91 Å². The highest BCUT2D eigenvalue weighted by Gasteiger charge is 2.12. The largest absolute Gasteiger partial charge is 0.493 e. The van der Waals surface area contributed by atoms with Gasteiger partial charge in [-0.25, -0.2) is 4.52 Å². The lowest BCUT2D eigenvalue weighted by atomic mass is 10.3. The highest BCUT2D eigenvalue weighted by Crippen LogP contribution is 2.26. The molecule has 3 aromatic heterocycles. The second-order valence-corrected chi connectivity index (χ2v) is 7.66. The van der Waals surface area contributed by atoms with Crippen molar-refractivity contribution in [2.45, 2.75) is 6.42 Å². The Morgan fingerprint density at radius 2 is 2.04 bits per heavy atom. The number of fused-ring (bicyclic) bond motifs is 1. The number of nitrogens with zero attached hydrogens (tertiary/aromatic N) is 3. The maximum atomic E-state index is 12.1. The number of para-hydroxylation sites is 2. The van der Waals surface area contributed by atoms with Crippen LogP contribution in [0.15, 0.2) is 47.2 Å². The SMILES string of the molecule is COc1ccccc1OCC(=O)NCCc1csc2nc(-c3cccs3)nn12. The predicted molar refractivity (Wildman–Crippen MR) is 109 cm³/mol. The van der Waals surface area contributed by atoms with Gasteiger partial charge in [-0.2, -0.15) is 4.98 Å². The molecule has 28 heavy (non-hydrogen) atoms. The Morgan fingerprint density at radius 1 is 1.18 bits per heavy atom. The Balaban J connectivity index is 1.30. The predicted octanol–water partition coefficient (Wildman–Crippen LogP) is 3.27. The van der Waals surface area contributed by atoms with Crippen LogP contribution >= 0.6 is 22.7 Å². The fourth-order valence-corrected chi connectivity index (χ4v) is 4.18. The Hall–Kier alpha value is -2.91. The monoisotopic (exact) mass is 414 g/mol. The molecule has 1 aromatic carbocycles. The number of carbonyl (C=O) groups is 1. The van der Waals surface area contributed by atoms with E-state index >= 15 is 0 Å². The van der Waals surface area contributed by atoms with Crippen LogP contribution in [0.25, 0.3) is 15.7 Å². The second-order valence-electron chi connectivity index (χ2n) is 5.87. The lowest BCUT2D eigenvalue weighted by Crippen LogP contribution is -2.30. The normalized spacial score (nSPS) is 10.9. The first-order valence-corrected chi connectivity index (χ1v) is 10.4. The molecule has 0 spiro atoms. The number of hydrogen-bond acceptors (Lipinski definition) is 7. The summed E-state index contributed by atoms with van der Waals surface area (Å²) in [7, 11) is 1.57. The molecule has 0 fully saturated rings. The molecule has 0 unspecified atom stereocenters. The van der Waals surface area contributed by atoms with Gasteiger partial charge in [-0.15, -0.1) is 27.8 Å². The standard InChI is InChI=1S/C19H18N4O3S2/c1-25-14-5-2-3-6-15(14)26-11-17(24)20-9-8-13-12-28-19-21-18(22-23(13)19)16-7-4-10-27-16/h2-7,10,12H,8-9,11H2,1H3,(H,20,24). The van der Waals surface area contributed by atoms with Crippen molar-refractivity contribution in [2.24, 2.45) is 0 Å². The molecule has 4 aromatic rings. The first-order valence-electron chi connectivity index (χ1n) is 8.64. The minimum atomic E-state index is -0.185. The number of aromatic nitrogens is 3. The van der Waals surface area contributed by atoms with Gasteiger partial charge in [-0.3, -0.25) is 4.79 Å². The van der Waals surface area contributed by atoms with Crippen molar-refractivity contribution in [3.63, 3.8) is 0 Å². The molecular weight excluding hydrogens is 396 g/mol. The fourth-order valence-electron chi connectivity index (χ4n) is 2.67. The zero-order valence-electron chi connectivity index (χ0n) is 15.1. The summed E-state index contributed by atoms with van der Waals surface area (Å²) in [5.41, 5.74) is 1.02. The third kappa shape index (κ3) is 4.00. The third-order valence-corrected chi connectivity index (χ3v) is 5.75. The maximum absolute atomic E-state index is 12.1. The quantitative estimate of drug-likeness (QED) is 0.479. The molecule has 9 heteroatoms. The van der Waals surface area contributed by atoms with E-state index in [-0.39, 0.29) is 12.5 Å². The molecule has 7 nitrogen and oxygen atoms in total. The molecule has 0 bridgehead atoms. The van der Waals surface area contributed by atoms with E-state index in [0.717, 1.165) is 21.4 Å². The van der Waals surface area contributed by atoms with E-state index in [2.05, 4.69) is 15.4 Å². The number of methoxy groups -OCH3 is 1. The summed E-state index contributed by atoms with van der Waals surface area (Å²) in [5, 5.41) is 11.5. The van der Waals surface area contributed by atoms with Crippen LogP contribution in [-0.4, -0.2) is 40.8 Å². The number of hydrogen-bond donors (Lipinski definition) is 1. The van der Waals surface area contributed by atoms with Crippen molar-refractivity contribution in [3.8, 4) is 22.2 Å². The van der Waals surface area contributed by atoms with Gasteiger partial charge < -0.3 is 14.8 Å². The summed E-state index contributed by atoms with van der Waals surface area (Å²) in [6.07, 6.45) is 0.660. The fraction of sp³-hybridized carbons (Fsp3) is 0.211. The number of thiophene rings is 1. The third-order valence-electron chi connectivity index (χ3n) is 4.02. The van der Waals surface area contributed by atoms with E-state index in [0.29, 0.717) is 24.5 Å². The van der Waals surface area contributed by atoms with Gasteiger partial charge >= 0.3 is 0 Å². The van der Waals surface area contributed by atoms with Gasteiger partial charge in [0, 0.05) is 18.3 Å². The molecule has 4 rings (SSSR count). The molecule has 3 heterocycles. The van der Waals surface area contributed by atoms with Crippen LogP contribution in [0.4, 0.5) is 0 Å². The molecular formula is C19H18N4O3S2. The van der Waals surface area contributed by atoms with Crippen molar-refractivity contribution < 1.29 is 14.3 Å². The van der Waals surface area contributed by atoms with Gasteiger partial charge in [0.1, 0.15) is 0 Å². The Kier molecular flexibility index (Phi) is 5.54. The zero-order chi connectivity index (χ0) is 19.3. The van der Waals surface area contributed by atoms with Crippen LogP contribution in [0, 0.1) is 0 Å². The molecule has 1 N–H and O–H groups in total. The van der Waals surface area contributed by atoms with Crippen molar-refractivity contribution in [3.05, 3.63) is 52.9 Å². The summed E-state index contributed by atoms with van der Waals surface area (Å²) in [6, 6.07) is 11.2. The number of nitrogens with one attached hydrogen (secondary N) is 1. The van der Waals surface area contributed by atoms with Crippen molar-refractivity contribution in [1.29, 1.82) is 0 Å². The van der Waals surface area contributed by atoms with E-state index < -0.39 is 0 Å². The summed E-state index contributed by atoms with van der Waals surface area (Å²) in [5.74, 6) is 1.69. The smallest absolute Gasteiger partial charge is 0.257 e. The molecule has 0 aliphatic carbocycles.